The number of carbonyl (C=O) groups is 1. The van der Waals surface area contributed by atoms with Gasteiger partial charge in [-0.1, -0.05) is 34.6 Å². The number of amides is 1. The standard InChI is InChI=1S/C12H26N2O/c1-9(2)13-11(12(4,5)6)8-14(7)10(3)15/h9,11,13H,8H2,1-7H3/t11-/m1/s1. The van der Waals surface area contributed by atoms with Crippen molar-refractivity contribution in [3.8, 4) is 0 Å². The quantitative estimate of drug-likeness (QED) is 0.775. The Balaban J connectivity index is 4.45. The van der Waals surface area contributed by atoms with Gasteiger partial charge in [-0.15, -0.1) is 0 Å². The van der Waals surface area contributed by atoms with Gasteiger partial charge in [-0.2, -0.15) is 0 Å². The summed E-state index contributed by atoms with van der Waals surface area (Å²) in [6.07, 6.45) is 0. The van der Waals surface area contributed by atoms with E-state index in [1.807, 2.05) is 7.05 Å². The van der Waals surface area contributed by atoms with Crippen molar-refractivity contribution in [3.05, 3.63) is 0 Å². The van der Waals surface area contributed by atoms with Crippen LogP contribution in [-0.4, -0.2) is 36.5 Å². The molecule has 0 aliphatic carbocycles. The van der Waals surface area contributed by atoms with E-state index in [0.717, 1.165) is 6.54 Å². The molecule has 0 fully saturated rings. The first-order chi connectivity index (χ1) is 6.64. The highest BCUT2D eigenvalue weighted by Gasteiger charge is 2.26. The number of hydrogen-bond donors (Lipinski definition) is 1. The van der Waals surface area contributed by atoms with Crippen LogP contribution >= 0.6 is 0 Å². The molecule has 0 saturated carbocycles. The van der Waals surface area contributed by atoms with Crippen molar-refractivity contribution < 1.29 is 4.79 Å². The molecule has 15 heavy (non-hydrogen) atoms. The fourth-order valence-electron chi connectivity index (χ4n) is 1.38. The fraction of sp³-hybridized carbons (Fsp3) is 0.917. The lowest BCUT2D eigenvalue weighted by atomic mass is 9.86. The molecule has 0 aromatic carbocycles. The molecule has 3 nitrogen and oxygen atoms in total. The Bertz CT molecular complexity index is 206. The molecule has 0 aromatic rings. The van der Waals surface area contributed by atoms with Gasteiger partial charge in [0.25, 0.3) is 0 Å². The molecule has 0 rings (SSSR count). The number of rotatable bonds is 4. The minimum absolute atomic E-state index is 0.120. The second-order valence-corrected chi connectivity index (χ2v) is 5.64. The van der Waals surface area contributed by atoms with Crippen molar-refractivity contribution in [1.29, 1.82) is 0 Å². The van der Waals surface area contributed by atoms with E-state index in [-0.39, 0.29) is 11.3 Å². The van der Waals surface area contributed by atoms with Gasteiger partial charge in [-0.05, 0) is 5.41 Å². The Morgan fingerprint density at radius 1 is 1.33 bits per heavy atom. The first-order valence-electron chi connectivity index (χ1n) is 5.62. The average molecular weight is 214 g/mol. The van der Waals surface area contributed by atoms with Crippen LogP contribution in [0.15, 0.2) is 0 Å². The van der Waals surface area contributed by atoms with Crippen molar-refractivity contribution in [2.45, 2.75) is 53.6 Å². The van der Waals surface area contributed by atoms with Gasteiger partial charge in [0.1, 0.15) is 0 Å². The molecule has 90 valence electrons. The summed E-state index contributed by atoms with van der Waals surface area (Å²) in [5.74, 6) is 0.120. The van der Waals surface area contributed by atoms with Crippen molar-refractivity contribution in [2.75, 3.05) is 13.6 Å². The van der Waals surface area contributed by atoms with E-state index in [2.05, 4.69) is 39.9 Å². The van der Waals surface area contributed by atoms with E-state index >= 15 is 0 Å². The minimum atomic E-state index is 0.120. The van der Waals surface area contributed by atoms with Crippen LogP contribution in [0, 0.1) is 5.41 Å². The molecular formula is C12H26N2O. The van der Waals surface area contributed by atoms with E-state index in [0.29, 0.717) is 12.1 Å². The molecule has 1 N–H and O–H groups in total. The third-order valence-electron chi connectivity index (χ3n) is 2.57. The summed E-state index contributed by atoms with van der Waals surface area (Å²) in [7, 11) is 1.85. The largest absolute Gasteiger partial charge is 0.344 e. The van der Waals surface area contributed by atoms with Gasteiger partial charge in [0.2, 0.25) is 5.91 Å². The maximum atomic E-state index is 11.2. The van der Waals surface area contributed by atoms with Crippen LogP contribution in [-0.2, 0) is 4.79 Å². The zero-order valence-corrected chi connectivity index (χ0v) is 11.2. The van der Waals surface area contributed by atoms with Crippen LogP contribution in [0.1, 0.15) is 41.5 Å². The molecule has 1 atom stereocenters. The monoisotopic (exact) mass is 214 g/mol. The third-order valence-corrected chi connectivity index (χ3v) is 2.57. The fourth-order valence-corrected chi connectivity index (χ4v) is 1.38. The van der Waals surface area contributed by atoms with Gasteiger partial charge in [0.05, 0.1) is 0 Å². The van der Waals surface area contributed by atoms with E-state index in [4.69, 9.17) is 0 Å². The molecule has 0 bridgehead atoms. The molecule has 0 saturated heterocycles. The van der Waals surface area contributed by atoms with Gasteiger partial charge in [-0.3, -0.25) is 4.79 Å². The molecule has 0 spiro atoms. The summed E-state index contributed by atoms with van der Waals surface area (Å²) >= 11 is 0. The summed E-state index contributed by atoms with van der Waals surface area (Å²) in [5, 5.41) is 3.51. The van der Waals surface area contributed by atoms with Gasteiger partial charge >= 0.3 is 0 Å². The Labute approximate surface area is 94.2 Å². The van der Waals surface area contributed by atoms with Gasteiger partial charge in [-0.25, -0.2) is 0 Å². The summed E-state index contributed by atoms with van der Waals surface area (Å²) in [4.78, 5) is 13.0. The maximum absolute atomic E-state index is 11.2. The molecule has 0 aliphatic heterocycles. The van der Waals surface area contributed by atoms with Crippen molar-refractivity contribution in [1.82, 2.24) is 10.2 Å². The van der Waals surface area contributed by atoms with Crippen molar-refractivity contribution >= 4 is 5.91 Å². The molecular weight excluding hydrogens is 188 g/mol. The highest BCUT2D eigenvalue weighted by molar-refractivity contribution is 5.72. The first kappa shape index (κ1) is 14.4. The zero-order chi connectivity index (χ0) is 12.2. The zero-order valence-electron chi connectivity index (χ0n) is 11.2. The summed E-state index contributed by atoms with van der Waals surface area (Å²) in [5.41, 5.74) is 0.161. The van der Waals surface area contributed by atoms with Crippen LogP contribution < -0.4 is 5.32 Å². The Morgan fingerprint density at radius 2 is 1.80 bits per heavy atom. The van der Waals surface area contributed by atoms with Gasteiger partial charge in [0, 0.05) is 32.6 Å². The molecule has 3 heteroatoms. The van der Waals surface area contributed by atoms with Crippen LogP contribution in [0.25, 0.3) is 0 Å². The normalized spacial score (nSPS) is 14.1. The van der Waals surface area contributed by atoms with Crippen LogP contribution in [0.3, 0.4) is 0 Å². The van der Waals surface area contributed by atoms with Crippen LogP contribution in [0.4, 0.5) is 0 Å². The highest BCUT2D eigenvalue weighted by Crippen LogP contribution is 2.20. The number of nitrogens with zero attached hydrogens (tertiary/aromatic N) is 1. The van der Waals surface area contributed by atoms with E-state index < -0.39 is 0 Å². The van der Waals surface area contributed by atoms with Crippen LogP contribution in [0.5, 0.6) is 0 Å². The SMILES string of the molecule is CC(=O)N(C)C[C@@H](NC(C)C)C(C)(C)C. The second kappa shape index (κ2) is 5.50. The number of nitrogens with one attached hydrogen (secondary N) is 1. The number of hydrogen-bond acceptors (Lipinski definition) is 2. The van der Waals surface area contributed by atoms with Crippen molar-refractivity contribution in [2.24, 2.45) is 5.41 Å². The third kappa shape index (κ3) is 5.78. The second-order valence-electron chi connectivity index (χ2n) is 5.64. The minimum Gasteiger partial charge on any atom is -0.344 e. The van der Waals surface area contributed by atoms with E-state index in [1.165, 1.54) is 0 Å². The topological polar surface area (TPSA) is 32.3 Å². The van der Waals surface area contributed by atoms with E-state index in [1.54, 1.807) is 11.8 Å². The van der Waals surface area contributed by atoms with Gasteiger partial charge in [0.15, 0.2) is 0 Å². The molecule has 0 aromatic heterocycles. The van der Waals surface area contributed by atoms with Crippen LogP contribution in [0.2, 0.25) is 0 Å². The summed E-state index contributed by atoms with van der Waals surface area (Å²) in [6.45, 7) is 13.2. The Hall–Kier alpha value is -0.570. The van der Waals surface area contributed by atoms with Gasteiger partial charge < -0.3 is 10.2 Å². The smallest absolute Gasteiger partial charge is 0.219 e. The predicted molar refractivity (Wildman–Crippen MR) is 64.8 cm³/mol. The summed E-state index contributed by atoms with van der Waals surface area (Å²) < 4.78 is 0. The maximum Gasteiger partial charge on any atom is 0.219 e. The lowest BCUT2D eigenvalue weighted by molar-refractivity contribution is -0.128. The molecule has 0 radical (unpaired) electrons. The summed E-state index contributed by atoms with van der Waals surface area (Å²) in [6, 6.07) is 0.765. The molecule has 0 aliphatic rings. The lowest BCUT2D eigenvalue weighted by Crippen LogP contribution is -2.50. The Kier molecular flexibility index (Phi) is 5.29. The molecule has 0 unspecified atom stereocenters. The molecule has 1 amide bonds. The molecule has 0 heterocycles. The van der Waals surface area contributed by atoms with Crippen molar-refractivity contribution in [3.63, 3.8) is 0 Å². The first-order valence-corrected chi connectivity index (χ1v) is 5.62. The Morgan fingerprint density at radius 3 is 2.07 bits per heavy atom. The van der Waals surface area contributed by atoms with E-state index in [9.17, 15) is 4.79 Å². The predicted octanol–water partition coefficient (Wildman–Crippen LogP) is 1.88. The lowest BCUT2D eigenvalue weighted by Gasteiger charge is -2.35. The number of carbonyl (C=O) groups excluding carboxylic acids is 1. The number of likely N-dealkylation sites (N-methyl/N-ethyl adjacent to an activating group) is 1. The highest BCUT2D eigenvalue weighted by atomic mass is 16.2. The average Bonchev–Trinajstić information content (AvgIpc) is 2.00.